The van der Waals surface area contributed by atoms with Crippen LogP contribution in [0.5, 0.6) is 5.75 Å². The number of benzene rings is 2. The average molecular weight is 359 g/mol. The summed E-state index contributed by atoms with van der Waals surface area (Å²) in [6.45, 7) is 1.95. The number of hydrogen-bond donors (Lipinski definition) is 2. The van der Waals surface area contributed by atoms with E-state index in [1.54, 1.807) is 18.2 Å². The van der Waals surface area contributed by atoms with E-state index < -0.39 is 5.41 Å². The van der Waals surface area contributed by atoms with Gasteiger partial charge in [-0.25, -0.2) is 0 Å². The molecule has 0 aliphatic heterocycles. The molecule has 0 atom stereocenters. The molecule has 1 aliphatic rings. The molecule has 3 rings (SSSR count). The van der Waals surface area contributed by atoms with Crippen LogP contribution < -0.4 is 15.4 Å². The molecule has 130 valence electrons. The van der Waals surface area contributed by atoms with Crippen LogP contribution in [0.15, 0.2) is 42.5 Å². The molecule has 2 aromatic carbocycles. The number of hydrogen-bond acceptors (Lipinski definition) is 3. The lowest BCUT2D eigenvalue weighted by atomic mass is 10.0. The van der Waals surface area contributed by atoms with Gasteiger partial charge in [-0.2, -0.15) is 0 Å². The minimum absolute atomic E-state index is 0.282. The number of rotatable bonds is 5. The summed E-state index contributed by atoms with van der Waals surface area (Å²) < 4.78 is 5.09. The highest BCUT2D eigenvalue weighted by molar-refractivity contribution is 6.32. The lowest BCUT2D eigenvalue weighted by Crippen LogP contribution is -2.35. The van der Waals surface area contributed by atoms with Gasteiger partial charge in [0, 0.05) is 11.4 Å². The minimum atomic E-state index is -1.02. The Morgan fingerprint density at radius 2 is 1.68 bits per heavy atom. The van der Waals surface area contributed by atoms with Crippen molar-refractivity contribution in [2.24, 2.45) is 5.41 Å². The summed E-state index contributed by atoms with van der Waals surface area (Å²) >= 11 is 6.07. The van der Waals surface area contributed by atoms with Crippen LogP contribution >= 0.6 is 11.6 Å². The van der Waals surface area contributed by atoms with Gasteiger partial charge >= 0.3 is 0 Å². The first-order valence-electron chi connectivity index (χ1n) is 7.98. The van der Waals surface area contributed by atoms with Crippen LogP contribution in [0, 0.1) is 12.3 Å². The van der Waals surface area contributed by atoms with Crippen molar-refractivity contribution in [3.05, 3.63) is 53.1 Å². The molecular formula is C19H19ClN2O3. The molecule has 2 amide bonds. The highest BCUT2D eigenvalue weighted by atomic mass is 35.5. The predicted octanol–water partition coefficient (Wildman–Crippen LogP) is 4.01. The van der Waals surface area contributed by atoms with Gasteiger partial charge < -0.3 is 15.4 Å². The molecule has 1 saturated carbocycles. The maximum atomic E-state index is 12.6. The van der Waals surface area contributed by atoms with Crippen LogP contribution in [-0.4, -0.2) is 18.9 Å². The van der Waals surface area contributed by atoms with Crippen LogP contribution in [-0.2, 0) is 9.59 Å². The monoisotopic (exact) mass is 358 g/mol. The van der Waals surface area contributed by atoms with E-state index in [0.29, 0.717) is 35.0 Å². The minimum Gasteiger partial charge on any atom is -0.495 e. The van der Waals surface area contributed by atoms with E-state index in [4.69, 9.17) is 16.3 Å². The van der Waals surface area contributed by atoms with Crippen LogP contribution in [0.2, 0.25) is 5.02 Å². The molecule has 0 spiro atoms. The number of carbonyl (C=O) groups excluding carboxylic acids is 2. The summed E-state index contributed by atoms with van der Waals surface area (Å²) in [4.78, 5) is 25.2. The highest BCUT2D eigenvalue weighted by Gasteiger charge is 2.56. The van der Waals surface area contributed by atoms with Gasteiger partial charge in [0.2, 0.25) is 11.8 Å². The smallest absolute Gasteiger partial charge is 0.240 e. The number of ether oxygens (including phenoxy) is 1. The Balaban J connectivity index is 1.70. The summed E-state index contributed by atoms with van der Waals surface area (Å²) in [5.74, 6) is -0.0768. The van der Waals surface area contributed by atoms with Crippen molar-refractivity contribution < 1.29 is 14.3 Å². The van der Waals surface area contributed by atoms with Crippen molar-refractivity contribution in [2.45, 2.75) is 19.8 Å². The average Bonchev–Trinajstić information content (AvgIpc) is 3.37. The Hall–Kier alpha value is -2.53. The van der Waals surface area contributed by atoms with Crippen molar-refractivity contribution in [1.29, 1.82) is 0 Å². The SMILES string of the molecule is COc1ccc(NC(=O)C2(C(=O)Nc3cccc(C)c3)CC2)cc1Cl. The predicted molar refractivity (Wildman–Crippen MR) is 98.1 cm³/mol. The number of methoxy groups -OCH3 is 1. The quantitative estimate of drug-likeness (QED) is 0.793. The van der Waals surface area contributed by atoms with Gasteiger partial charge in [0.15, 0.2) is 0 Å². The van der Waals surface area contributed by atoms with Crippen LogP contribution in [0.25, 0.3) is 0 Å². The second kappa shape index (κ2) is 6.76. The molecule has 0 bridgehead atoms. The molecule has 0 unspecified atom stereocenters. The van der Waals surface area contributed by atoms with Gasteiger partial charge in [0.05, 0.1) is 12.1 Å². The van der Waals surface area contributed by atoms with E-state index in [-0.39, 0.29) is 11.8 Å². The Morgan fingerprint density at radius 1 is 1.04 bits per heavy atom. The van der Waals surface area contributed by atoms with Crippen molar-refractivity contribution >= 4 is 34.8 Å². The third-order valence-electron chi connectivity index (χ3n) is 4.30. The number of nitrogens with one attached hydrogen (secondary N) is 2. The molecule has 1 aliphatic carbocycles. The normalized spacial score (nSPS) is 14.5. The van der Waals surface area contributed by atoms with Gasteiger partial charge in [0.25, 0.3) is 0 Å². The molecular weight excluding hydrogens is 340 g/mol. The number of carbonyl (C=O) groups is 2. The fourth-order valence-corrected chi connectivity index (χ4v) is 2.91. The summed E-state index contributed by atoms with van der Waals surface area (Å²) in [6.07, 6.45) is 1.06. The molecule has 1 fully saturated rings. The molecule has 25 heavy (non-hydrogen) atoms. The first-order valence-corrected chi connectivity index (χ1v) is 8.35. The van der Waals surface area contributed by atoms with Crippen molar-refractivity contribution in [3.8, 4) is 5.75 Å². The fourth-order valence-electron chi connectivity index (χ4n) is 2.65. The van der Waals surface area contributed by atoms with Crippen LogP contribution in [0.4, 0.5) is 11.4 Å². The Bertz CT molecular complexity index is 831. The number of aryl methyl sites for hydroxylation is 1. The molecule has 0 saturated heterocycles. The van der Waals surface area contributed by atoms with E-state index in [9.17, 15) is 9.59 Å². The third kappa shape index (κ3) is 3.61. The lowest BCUT2D eigenvalue weighted by Gasteiger charge is -2.16. The van der Waals surface area contributed by atoms with E-state index in [1.807, 2.05) is 31.2 Å². The van der Waals surface area contributed by atoms with Crippen molar-refractivity contribution in [3.63, 3.8) is 0 Å². The summed E-state index contributed by atoms with van der Waals surface area (Å²) in [5.41, 5.74) is 1.25. The van der Waals surface area contributed by atoms with Gasteiger partial charge in [-0.1, -0.05) is 23.7 Å². The maximum absolute atomic E-state index is 12.6. The number of halogens is 1. The second-order valence-corrected chi connectivity index (χ2v) is 6.62. The summed E-state index contributed by atoms with van der Waals surface area (Å²) in [6, 6.07) is 12.5. The van der Waals surface area contributed by atoms with E-state index in [2.05, 4.69) is 10.6 Å². The van der Waals surface area contributed by atoms with Crippen LogP contribution in [0.1, 0.15) is 18.4 Å². The molecule has 6 heteroatoms. The Kier molecular flexibility index (Phi) is 4.68. The largest absolute Gasteiger partial charge is 0.495 e. The maximum Gasteiger partial charge on any atom is 0.240 e. The Morgan fingerprint density at radius 3 is 2.20 bits per heavy atom. The molecule has 0 radical (unpaired) electrons. The molecule has 2 aromatic rings. The van der Waals surface area contributed by atoms with Crippen molar-refractivity contribution in [1.82, 2.24) is 0 Å². The lowest BCUT2D eigenvalue weighted by molar-refractivity contribution is -0.131. The van der Waals surface area contributed by atoms with Gasteiger partial charge in [-0.15, -0.1) is 0 Å². The fraction of sp³-hybridized carbons (Fsp3) is 0.263. The first kappa shape index (κ1) is 17.3. The zero-order valence-corrected chi connectivity index (χ0v) is 14.8. The van der Waals surface area contributed by atoms with Gasteiger partial charge in [-0.3, -0.25) is 9.59 Å². The summed E-state index contributed by atoms with van der Waals surface area (Å²) in [5, 5.41) is 6.01. The highest BCUT2D eigenvalue weighted by Crippen LogP contribution is 2.47. The van der Waals surface area contributed by atoms with E-state index in [1.165, 1.54) is 7.11 Å². The van der Waals surface area contributed by atoms with Gasteiger partial charge in [0.1, 0.15) is 11.2 Å². The van der Waals surface area contributed by atoms with Gasteiger partial charge in [-0.05, 0) is 55.7 Å². The summed E-state index contributed by atoms with van der Waals surface area (Å²) in [7, 11) is 1.52. The second-order valence-electron chi connectivity index (χ2n) is 6.21. The Labute approximate surface area is 151 Å². The molecule has 2 N–H and O–H groups in total. The van der Waals surface area contributed by atoms with Crippen LogP contribution in [0.3, 0.4) is 0 Å². The number of amides is 2. The van der Waals surface area contributed by atoms with E-state index in [0.717, 1.165) is 5.56 Å². The molecule has 0 aromatic heterocycles. The molecule has 0 heterocycles. The first-order chi connectivity index (χ1) is 11.9. The zero-order chi connectivity index (χ0) is 18.0. The zero-order valence-electron chi connectivity index (χ0n) is 14.1. The molecule has 5 nitrogen and oxygen atoms in total. The van der Waals surface area contributed by atoms with Crippen molar-refractivity contribution in [2.75, 3.05) is 17.7 Å². The third-order valence-corrected chi connectivity index (χ3v) is 4.60. The number of anilines is 2. The van der Waals surface area contributed by atoms with E-state index >= 15 is 0 Å². The topological polar surface area (TPSA) is 67.4 Å². The standard InChI is InChI=1S/C19H19ClN2O3/c1-12-4-3-5-13(10-12)21-17(23)19(8-9-19)18(24)22-14-6-7-16(25-2)15(20)11-14/h3-7,10-11H,8-9H2,1-2H3,(H,21,23)(H,22,24).